The largest absolute Gasteiger partial charge is 0.397 e. The molecule has 2 N–H and O–H groups in total. The van der Waals surface area contributed by atoms with Gasteiger partial charge in [0.2, 0.25) is 0 Å². The third-order valence-electron chi connectivity index (χ3n) is 3.11. The zero-order chi connectivity index (χ0) is 11.5. The van der Waals surface area contributed by atoms with Gasteiger partial charge in [0.05, 0.1) is 11.4 Å². The van der Waals surface area contributed by atoms with Crippen LogP contribution in [0.5, 0.6) is 0 Å². The zero-order valence-corrected chi connectivity index (χ0v) is 9.45. The molecular formula is C12H17FN2O. The molecule has 4 heteroatoms. The molecule has 0 radical (unpaired) electrons. The Morgan fingerprint density at radius 3 is 2.69 bits per heavy atom. The van der Waals surface area contributed by atoms with Gasteiger partial charge in [-0.25, -0.2) is 4.39 Å². The van der Waals surface area contributed by atoms with E-state index in [1.807, 2.05) is 7.05 Å². The quantitative estimate of drug-likeness (QED) is 0.781. The van der Waals surface area contributed by atoms with Crippen molar-refractivity contribution in [2.75, 3.05) is 30.9 Å². The van der Waals surface area contributed by atoms with Crippen molar-refractivity contribution in [3.63, 3.8) is 0 Å². The van der Waals surface area contributed by atoms with Crippen LogP contribution in [0, 0.1) is 5.82 Å². The van der Waals surface area contributed by atoms with E-state index in [9.17, 15) is 4.39 Å². The summed E-state index contributed by atoms with van der Waals surface area (Å²) in [4.78, 5) is 2.12. The highest BCUT2D eigenvalue weighted by molar-refractivity contribution is 5.67. The average Bonchev–Trinajstić information content (AvgIpc) is 2.29. The molecule has 1 fully saturated rings. The van der Waals surface area contributed by atoms with Crippen LogP contribution in [0.25, 0.3) is 0 Å². The molecule has 0 saturated carbocycles. The molecule has 0 bridgehead atoms. The highest BCUT2D eigenvalue weighted by atomic mass is 19.1. The maximum absolute atomic E-state index is 12.9. The third kappa shape index (κ3) is 2.27. The fraction of sp³-hybridized carbons (Fsp3) is 0.500. The number of nitrogens with zero attached hydrogens (tertiary/aromatic N) is 1. The molecule has 2 rings (SSSR count). The Hall–Kier alpha value is -1.29. The predicted molar refractivity (Wildman–Crippen MR) is 63.1 cm³/mol. The molecule has 1 heterocycles. The molecule has 0 aromatic heterocycles. The van der Waals surface area contributed by atoms with Gasteiger partial charge in [-0.3, -0.25) is 0 Å². The number of hydrogen-bond acceptors (Lipinski definition) is 3. The van der Waals surface area contributed by atoms with Gasteiger partial charge < -0.3 is 15.4 Å². The summed E-state index contributed by atoms with van der Waals surface area (Å²) >= 11 is 0. The summed E-state index contributed by atoms with van der Waals surface area (Å²) < 4.78 is 18.3. The molecule has 1 aromatic carbocycles. The minimum atomic E-state index is -0.290. The van der Waals surface area contributed by atoms with Crippen LogP contribution in [0.15, 0.2) is 18.2 Å². The number of rotatable bonds is 2. The van der Waals surface area contributed by atoms with E-state index in [0.29, 0.717) is 11.7 Å². The second-order valence-corrected chi connectivity index (χ2v) is 4.16. The Balaban J connectivity index is 2.15. The van der Waals surface area contributed by atoms with Gasteiger partial charge in [-0.05, 0) is 31.0 Å². The fourth-order valence-corrected chi connectivity index (χ4v) is 2.12. The summed E-state index contributed by atoms with van der Waals surface area (Å²) in [6, 6.07) is 4.98. The average molecular weight is 224 g/mol. The molecule has 1 aliphatic heterocycles. The minimum absolute atomic E-state index is 0.290. The molecule has 88 valence electrons. The first-order valence-electron chi connectivity index (χ1n) is 5.54. The second-order valence-electron chi connectivity index (χ2n) is 4.16. The van der Waals surface area contributed by atoms with Gasteiger partial charge >= 0.3 is 0 Å². The van der Waals surface area contributed by atoms with Gasteiger partial charge in [-0.2, -0.15) is 0 Å². The molecule has 1 aromatic rings. The van der Waals surface area contributed by atoms with Gasteiger partial charge in [-0.1, -0.05) is 0 Å². The molecule has 0 unspecified atom stereocenters. The van der Waals surface area contributed by atoms with Gasteiger partial charge in [0.15, 0.2) is 0 Å². The van der Waals surface area contributed by atoms with E-state index in [-0.39, 0.29) is 5.82 Å². The van der Waals surface area contributed by atoms with Gasteiger partial charge in [0, 0.05) is 26.3 Å². The molecule has 1 aliphatic rings. The minimum Gasteiger partial charge on any atom is -0.397 e. The molecule has 1 saturated heterocycles. The predicted octanol–water partition coefficient (Wildman–Crippen LogP) is 2.02. The summed E-state index contributed by atoms with van der Waals surface area (Å²) in [6.07, 6.45) is 1.99. The number of benzene rings is 1. The monoisotopic (exact) mass is 224 g/mol. The van der Waals surface area contributed by atoms with Crippen LogP contribution in [-0.2, 0) is 4.74 Å². The third-order valence-corrected chi connectivity index (χ3v) is 3.11. The maximum atomic E-state index is 12.9. The molecule has 0 spiro atoms. The lowest BCUT2D eigenvalue weighted by Crippen LogP contribution is -2.37. The Morgan fingerprint density at radius 2 is 2.06 bits per heavy atom. The molecule has 3 nitrogen and oxygen atoms in total. The summed E-state index contributed by atoms with van der Waals surface area (Å²) in [5.74, 6) is -0.290. The number of anilines is 2. The lowest BCUT2D eigenvalue weighted by molar-refractivity contribution is 0.0855. The van der Waals surface area contributed by atoms with Crippen molar-refractivity contribution in [1.82, 2.24) is 0 Å². The van der Waals surface area contributed by atoms with Gasteiger partial charge in [0.25, 0.3) is 0 Å². The van der Waals surface area contributed by atoms with Crippen LogP contribution >= 0.6 is 0 Å². The number of halogens is 1. The lowest BCUT2D eigenvalue weighted by Gasteiger charge is -2.33. The Kier molecular flexibility index (Phi) is 3.29. The van der Waals surface area contributed by atoms with Crippen LogP contribution in [0.4, 0.5) is 15.8 Å². The zero-order valence-electron chi connectivity index (χ0n) is 9.45. The van der Waals surface area contributed by atoms with E-state index in [1.54, 1.807) is 6.07 Å². The highest BCUT2D eigenvalue weighted by Crippen LogP contribution is 2.27. The fourth-order valence-electron chi connectivity index (χ4n) is 2.12. The number of nitrogen functional groups attached to an aromatic ring is 1. The molecule has 0 atom stereocenters. The first-order chi connectivity index (χ1) is 7.68. The lowest BCUT2D eigenvalue weighted by atomic mass is 10.1. The normalized spacial score (nSPS) is 17.4. The van der Waals surface area contributed by atoms with E-state index in [1.165, 1.54) is 12.1 Å². The molecule has 16 heavy (non-hydrogen) atoms. The van der Waals surface area contributed by atoms with Crippen molar-refractivity contribution in [2.45, 2.75) is 18.9 Å². The van der Waals surface area contributed by atoms with Crippen LogP contribution in [0.3, 0.4) is 0 Å². The summed E-state index contributed by atoms with van der Waals surface area (Å²) in [7, 11) is 2.00. The SMILES string of the molecule is CN(c1ccc(F)cc1N)C1CCOCC1. The van der Waals surface area contributed by atoms with E-state index in [0.717, 1.165) is 31.7 Å². The number of ether oxygens (including phenoxy) is 1. The smallest absolute Gasteiger partial charge is 0.125 e. The standard InChI is InChI=1S/C12H17FN2O/c1-15(10-4-6-16-7-5-10)12-3-2-9(13)8-11(12)14/h2-3,8,10H,4-7,14H2,1H3. The van der Waals surface area contributed by atoms with Crippen molar-refractivity contribution < 1.29 is 9.13 Å². The topological polar surface area (TPSA) is 38.5 Å². The van der Waals surface area contributed by atoms with Crippen LogP contribution in [0.2, 0.25) is 0 Å². The van der Waals surface area contributed by atoms with Crippen molar-refractivity contribution in [2.24, 2.45) is 0 Å². The first-order valence-corrected chi connectivity index (χ1v) is 5.54. The van der Waals surface area contributed by atoms with Crippen LogP contribution in [0.1, 0.15) is 12.8 Å². The van der Waals surface area contributed by atoms with E-state index in [4.69, 9.17) is 10.5 Å². The van der Waals surface area contributed by atoms with Gasteiger partial charge in [0.1, 0.15) is 5.82 Å². The second kappa shape index (κ2) is 4.70. The Morgan fingerprint density at radius 1 is 1.38 bits per heavy atom. The first kappa shape index (κ1) is 11.2. The van der Waals surface area contributed by atoms with E-state index in [2.05, 4.69) is 4.90 Å². The van der Waals surface area contributed by atoms with Crippen LogP contribution < -0.4 is 10.6 Å². The van der Waals surface area contributed by atoms with Crippen molar-refractivity contribution in [3.05, 3.63) is 24.0 Å². The summed E-state index contributed by atoms with van der Waals surface area (Å²) in [5.41, 5.74) is 7.21. The van der Waals surface area contributed by atoms with E-state index >= 15 is 0 Å². The van der Waals surface area contributed by atoms with Gasteiger partial charge in [-0.15, -0.1) is 0 Å². The molecule has 0 amide bonds. The van der Waals surface area contributed by atoms with Crippen molar-refractivity contribution >= 4 is 11.4 Å². The highest BCUT2D eigenvalue weighted by Gasteiger charge is 2.20. The molecular weight excluding hydrogens is 207 g/mol. The maximum Gasteiger partial charge on any atom is 0.125 e. The van der Waals surface area contributed by atoms with Crippen molar-refractivity contribution in [1.29, 1.82) is 0 Å². The van der Waals surface area contributed by atoms with E-state index < -0.39 is 0 Å². The van der Waals surface area contributed by atoms with Crippen LogP contribution in [-0.4, -0.2) is 26.3 Å². The Labute approximate surface area is 95.0 Å². The number of nitrogens with two attached hydrogens (primary N) is 1. The summed E-state index contributed by atoms with van der Waals surface area (Å²) in [5, 5.41) is 0. The Bertz CT molecular complexity index is 364. The molecule has 0 aliphatic carbocycles. The van der Waals surface area contributed by atoms with Crippen molar-refractivity contribution in [3.8, 4) is 0 Å². The number of hydrogen-bond donors (Lipinski definition) is 1. The summed E-state index contributed by atoms with van der Waals surface area (Å²) in [6.45, 7) is 1.58.